The number of anilines is 1. The van der Waals surface area contributed by atoms with Crippen molar-refractivity contribution in [3.63, 3.8) is 0 Å². The first-order valence-electron chi connectivity index (χ1n) is 10.1. The molecule has 3 aromatic rings. The Bertz CT molecular complexity index is 1110. The lowest BCUT2D eigenvalue weighted by Gasteiger charge is -2.17. The van der Waals surface area contributed by atoms with Crippen LogP contribution in [0.4, 0.5) is 14.6 Å². The minimum absolute atomic E-state index is 0.127. The fourth-order valence-corrected chi connectivity index (χ4v) is 4.83. The average Bonchev–Trinajstić information content (AvgIpc) is 3.50. The Labute approximate surface area is 185 Å². The summed E-state index contributed by atoms with van der Waals surface area (Å²) in [5.74, 6) is -0.642. The van der Waals surface area contributed by atoms with Crippen LogP contribution >= 0.6 is 11.8 Å². The number of ether oxygens (including phenoxy) is 2. The van der Waals surface area contributed by atoms with E-state index in [9.17, 15) is 19.0 Å². The lowest BCUT2D eigenvalue weighted by Crippen LogP contribution is -2.32. The van der Waals surface area contributed by atoms with Gasteiger partial charge in [-0.05, 0) is 18.6 Å². The summed E-state index contributed by atoms with van der Waals surface area (Å²) in [6.07, 6.45) is -0.439. The first-order valence-corrected chi connectivity index (χ1v) is 11.1. The van der Waals surface area contributed by atoms with Crippen molar-refractivity contribution in [3.8, 4) is 0 Å². The number of imidazole rings is 1. The highest BCUT2D eigenvalue weighted by atomic mass is 32.2. The molecule has 1 aromatic carbocycles. The molecule has 32 heavy (non-hydrogen) atoms. The highest BCUT2D eigenvalue weighted by Gasteiger charge is 2.44. The Morgan fingerprint density at radius 3 is 2.84 bits per heavy atom. The standard InChI is InChI=1S/C20H21F2N5O4S/c21-10-1-2-14(12(22)5-10)32-7-13-16(28)17(29)20(31-13)27-9-25-15-18(23-8-24-19(15)27)26-11-3-4-30-6-11/h1-2,5,8-9,11,13,16-17,20,28-29H,3-4,6-7H2,(H,23,24,26)/t11-,13-,16-,17-,20?/m1/s1. The van der Waals surface area contributed by atoms with Crippen molar-refractivity contribution < 1.29 is 28.5 Å². The van der Waals surface area contributed by atoms with E-state index in [2.05, 4.69) is 20.3 Å². The number of benzene rings is 1. The van der Waals surface area contributed by atoms with Gasteiger partial charge in [0.25, 0.3) is 0 Å². The molecule has 5 rings (SSSR count). The number of hydrogen-bond acceptors (Lipinski definition) is 9. The number of hydrogen-bond donors (Lipinski definition) is 3. The number of halogens is 2. The average molecular weight is 465 g/mol. The van der Waals surface area contributed by atoms with E-state index >= 15 is 0 Å². The minimum Gasteiger partial charge on any atom is -0.387 e. The Morgan fingerprint density at radius 2 is 2.06 bits per heavy atom. The maximum atomic E-state index is 13.9. The molecule has 0 saturated carbocycles. The Kier molecular flexibility index (Phi) is 5.95. The molecule has 9 nitrogen and oxygen atoms in total. The van der Waals surface area contributed by atoms with Gasteiger partial charge in [0.2, 0.25) is 0 Å². The molecule has 2 fully saturated rings. The quantitative estimate of drug-likeness (QED) is 0.468. The summed E-state index contributed by atoms with van der Waals surface area (Å²) in [6.45, 7) is 1.26. The van der Waals surface area contributed by atoms with Gasteiger partial charge in [-0.2, -0.15) is 0 Å². The van der Waals surface area contributed by atoms with Crippen molar-refractivity contribution >= 4 is 28.7 Å². The molecular weight excluding hydrogens is 444 g/mol. The van der Waals surface area contributed by atoms with Gasteiger partial charge in [-0.25, -0.2) is 23.7 Å². The zero-order chi connectivity index (χ0) is 22.2. The predicted molar refractivity (Wildman–Crippen MR) is 111 cm³/mol. The monoisotopic (exact) mass is 465 g/mol. The second-order valence-electron chi connectivity index (χ2n) is 7.68. The molecule has 1 unspecified atom stereocenters. The summed E-state index contributed by atoms with van der Waals surface area (Å²) >= 11 is 1.07. The predicted octanol–water partition coefficient (Wildman–Crippen LogP) is 1.72. The number of nitrogens with one attached hydrogen (secondary N) is 1. The minimum atomic E-state index is -1.24. The molecule has 3 N–H and O–H groups in total. The van der Waals surface area contributed by atoms with E-state index in [4.69, 9.17) is 9.47 Å². The molecule has 2 aliphatic heterocycles. The van der Waals surface area contributed by atoms with Crippen LogP contribution in [0, 0.1) is 11.6 Å². The highest BCUT2D eigenvalue weighted by Crippen LogP contribution is 2.35. The SMILES string of the molecule is O[C@@H]1[C@@H](CSc2ccc(F)cc2F)OC(n2cnc3c(N[C@@H]4CCOC4)ncnc32)[C@@H]1O. The largest absolute Gasteiger partial charge is 0.387 e. The number of aliphatic hydroxyl groups is 2. The molecule has 2 aromatic heterocycles. The van der Waals surface area contributed by atoms with Crippen LogP contribution in [0.5, 0.6) is 0 Å². The van der Waals surface area contributed by atoms with Gasteiger partial charge in [-0.3, -0.25) is 4.57 Å². The lowest BCUT2D eigenvalue weighted by molar-refractivity contribution is -0.0289. The molecule has 0 radical (unpaired) electrons. The summed E-state index contributed by atoms with van der Waals surface area (Å²) in [7, 11) is 0. The van der Waals surface area contributed by atoms with Gasteiger partial charge in [-0.15, -0.1) is 11.8 Å². The van der Waals surface area contributed by atoms with Gasteiger partial charge in [0.05, 0.1) is 25.1 Å². The number of aliphatic hydroxyl groups excluding tert-OH is 2. The van der Waals surface area contributed by atoms with Gasteiger partial charge < -0.3 is 25.0 Å². The molecule has 2 saturated heterocycles. The van der Waals surface area contributed by atoms with Crippen molar-refractivity contribution in [1.29, 1.82) is 0 Å². The maximum Gasteiger partial charge on any atom is 0.167 e. The molecule has 5 atom stereocenters. The van der Waals surface area contributed by atoms with Gasteiger partial charge in [-0.1, -0.05) is 0 Å². The molecule has 170 valence electrons. The zero-order valence-electron chi connectivity index (χ0n) is 16.8. The van der Waals surface area contributed by atoms with E-state index in [1.807, 2.05) is 0 Å². The molecule has 0 amide bonds. The lowest BCUT2D eigenvalue weighted by atomic mass is 10.1. The summed E-state index contributed by atoms with van der Waals surface area (Å²) in [6, 6.07) is 3.42. The summed E-state index contributed by atoms with van der Waals surface area (Å²) in [5.41, 5.74) is 0.950. The summed E-state index contributed by atoms with van der Waals surface area (Å²) < 4.78 is 39.8. The number of rotatable bonds is 6. The Hall–Kier alpha value is -2.38. The normalized spacial score (nSPS) is 27.9. The Morgan fingerprint density at radius 1 is 1.19 bits per heavy atom. The van der Waals surface area contributed by atoms with Crippen molar-refractivity contribution in [2.45, 2.75) is 41.9 Å². The number of thioether (sulfide) groups is 1. The number of fused-ring (bicyclic) bond motifs is 1. The zero-order valence-corrected chi connectivity index (χ0v) is 17.6. The molecule has 0 spiro atoms. The summed E-state index contributed by atoms with van der Waals surface area (Å²) in [5, 5.41) is 24.4. The first kappa shape index (κ1) is 21.5. The number of aromatic nitrogens is 4. The van der Waals surface area contributed by atoms with Gasteiger partial charge in [0.15, 0.2) is 23.2 Å². The number of nitrogens with zero attached hydrogens (tertiary/aromatic N) is 4. The fourth-order valence-electron chi connectivity index (χ4n) is 3.85. The smallest absolute Gasteiger partial charge is 0.167 e. The topological polar surface area (TPSA) is 115 Å². The van der Waals surface area contributed by atoms with Crippen LogP contribution < -0.4 is 5.32 Å². The maximum absolute atomic E-state index is 13.9. The van der Waals surface area contributed by atoms with Crippen LogP contribution in [0.1, 0.15) is 12.6 Å². The van der Waals surface area contributed by atoms with Crippen LogP contribution in [0.3, 0.4) is 0 Å². The second-order valence-corrected chi connectivity index (χ2v) is 8.75. The third kappa shape index (κ3) is 4.04. The van der Waals surface area contributed by atoms with E-state index in [-0.39, 0.29) is 16.7 Å². The van der Waals surface area contributed by atoms with Crippen molar-refractivity contribution in [1.82, 2.24) is 19.5 Å². The van der Waals surface area contributed by atoms with E-state index < -0.39 is 36.2 Å². The van der Waals surface area contributed by atoms with E-state index in [1.54, 1.807) is 4.57 Å². The molecule has 0 bridgehead atoms. The Balaban J connectivity index is 1.33. The van der Waals surface area contributed by atoms with E-state index in [0.29, 0.717) is 30.2 Å². The third-order valence-corrected chi connectivity index (χ3v) is 6.67. The molecule has 12 heteroatoms. The fraction of sp³-hybridized carbons (Fsp3) is 0.450. The van der Waals surface area contributed by atoms with Crippen LogP contribution in [-0.4, -0.2) is 73.1 Å². The highest BCUT2D eigenvalue weighted by molar-refractivity contribution is 7.99. The molecule has 2 aliphatic rings. The third-order valence-electron chi connectivity index (χ3n) is 5.54. The summed E-state index contributed by atoms with van der Waals surface area (Å²) in [4.78, 5) is 13.1. The first-order chi connectivity index (χ1) is 15.5. The van der Waals surface area contributed by atoms with Crippen LogP contribution in [0.2, 0.25) is 0 Å². The molecule has 4 heterocycles. The molecule has 0 aliphatic carbocycles. The molecular formula is C20H21F2N5O4S. The van der Waals surface area contributed by atoms with Crippen LogP contribution in [-0.2, 0) is 9.47 Å². The van der Waals surface area contributed by atoms with E-state index in [0.717, 1.165) is 30.3 Å². The second kappa shape index (κ2) is 8.87. The van der Waals surface area contributed by atoms with Crippen molar-refractivity contribution in [3.05, 3.63) is 42.5 Å². The van der Waals surface area contributed by atoms with Crippen LogP contribution in [0.25, 0.3) is 11.2 Å². The van der Waals surface area contributed by atoms with E-state index in [1.165, 1.54) is 18.7 Å². The van der Waals surface area contributed by atoms with Crippen LogP contribution in [0.15, 0.2) is 35.7 Å². The van der Waals surface area contributed by atoms with Gasteiger partial charge >= 0.3 is 0 Å². The van der Waals surface area contributed by atoms with Gasteiger partial charge in [0.1, 0.15) is 30.2 Å². The van der Waals surface area contributed by atoms with Gasteiger partial charge in [0, 0.05) is 23.3 Å². The van der Waals surface area contributed by atoms with Crippen molar-refractivity contribution in [2.24, 2.45) is 0 Å². The van der Waals surface area contributed by atoms with Crippen molar-refractivity contribution in [2.75, 3.05) is 24.3 Å².